The van der Waals surface area contributed by atoms with Gasteiger partial charge in [0.1, 0.15) is 11.5 Å². The lowest BCUT2D eigenvalue weighted by molar-refractivity contribution is 0.241. The summed E-state index contributed by atoms with van der Waals surface area (Å²) in [6, 6.07) is 11.0. The van der Waals surface area contributed by atoms with Crippen LogP contribution in [0.5, 0.6) is 0 Å². The zero-order chi connectivity index (χ0) is 15.6. The van der Waals surface area contributed by atoms with E-state index in [2.05, 4.69) is 20.2 Å². The molecular weight excluding hydrogens is 293 g/mol. The molecule has 0 saturated carbocycles. The van der Waals surface area contributed by atoms with E-state index in [1.54, 1.807) is 23.0 Å². The van der Waals surface area contributed by atoms with Crippen LogP contribution in [0, 0.1) is 5.82 Å². The number of nitrogens with one attached hydrogen (secondary N) is 1. The Hall–Kier alpha value is -2.47. The predicted octanol–water partition coefficient (Wildman–Crippen LogP) is 3.07. The Morgan fingerprint density at radius 2 is 2.13 bits per heavy atom. The number of halogens is 1. The van der Waals surface area contributed by atoms with Crippen molar-refractivity contribution in [3.05, 3.63) is 66.0 Å². The zero-order valence-corrected chi connectivity index (χ0v) is 12.7. The monoisotopic (exact) mass is 311 g/mol. The smallest absolute Gasteiger partial charge is 0.148 e. The molecule has 5 nitrogen and oxygen atoms in total. The van der Waals surface area contributed by atoms with Gasteiger partial charge in [-0.3, -0.25) is 10.00 Å². The molecule has 4 rings (SSSR count). The number of nitrogens with zero attached hydrogens (tertiary/aromatic N) is 4. The molecule has 1 N–H and O–H groups in total. The van der Waals surface area contributed by atoms with Crippen LogP contribution in [-0.2, 0) is 6.54 Å². The quantitative estimate of drug-likeness (QED) is 0.805. The number of rotatable bonds is 4. The van der Waals surface area contributed by atoms with Crippen molar-refractivity contribution in [3.63, 3.8) is 0 Å². The second-order valence-electron chi connectivity index (χ2n) is 5.84. The number of benzene rings is 1. The fourth-order valence-corrected chi connectivity index (χ4v) is 3.25. The van der Waals surface area contributed by atoms with Gasteiger partial charge in [0.25, 0.3) is 0 Å². The van der Waals surface area contributed by atoms with Gasteiger partial charge in [-0.15, -0.1) is 0 Å². The minimum absolute atomic E-state index is 0.265. The number of likely N-dealkylation sites (tertiary alicyclic amines) is 1. The molecule has 1 saturated heterocycles. The average Bonchev–Trinajstić information content (AvgIpc) is 3.29. The maximum Gasteiger partial charge on any atom is 0.148 e. The molecule has 1 aliphatic heterocycles. The summed E-state index contributed by atoms with van der Waals surface area (Å²) in [5, 5.41) is 11.6. The first kappa shape index (κ1) is 14.1. The molecule has 6 heteroatoms. The maximum absolute atomic E-state index is 13.9. The molecule has 118 valence electrons. The maximum atomic E-state index is 13.9. The predicted molar refractivity (Wildman–Crippen MR) is 84.5 cm³/mol. The van der Waals surface area contributed by atoms with Crippen molar-refractivity contribution in [2.75, 3.05) is 6.54 Å². The lowest BCUT2D eigenvalue weighted by Gasteiger charge is -2.22. The highest BCUT2D eigenvalue weighted by Crippen LogP contribution is 2.31. The first-order valence-corrected chi connectivity index (χ1v) is 7.84. The summed E-state index contributed by atoms with van der Waals surface area (Å²) in [6.45, 7) is 1.79. The van der Waals surface area contributed by atoms with Crippen LogP contribution in [0.2, 0.25) is 0 Å². The van der Waals surface area contributed by atoms with Gasteiger partial charge < -0.3 is 0 Å². The van der Waals surface area contributed by atoms with Crippen LogP contribution in [0.1, 0.15) is 30.3 Å². The molecular formula is C17H18FN5. The number of H-pyrrole nitrogens is 1. The molecule has 1 atom stereocenters. The Morgan fingerprint density at radius 1 is 1.22 bits per heavy atom. The van der Waals surface area contributed by atoms with Crippen molar-refractivity contribution in [3.8, 4) is 5.69 Å². The van der Waals surface area contributed by atoms with Gasteiger partial charge in [0.15, 0.2) is 0 Å². The average molecular weight is 311 g/mol. The van der Waals surface area contributed by atoms with Gasteiger partial charge in [-0.1, -0.05) is 12.1 Å². The first-order valence-electron chi connectivity index (χ1n) is 7.84. The van der Waals surface area contributed by atoms with E-state index in [4.69, 9.17) is 0 Å². The van der Waals surface area contributed by atoms with E-state index >= 15 is 0 Å². The molecule has 1 aliphatic rings. The van der Waals surface area contributed by atoms with E-state index < -0.39 is 0 Å². The van der Waals surface area contributed by atoms with Gasteiger partial charge in [0, 0.05) is 18.9 Å². The van der Waals surface area contributed by atoms with Crippen molar-refractivity contribution in [1.82, 2.24) is 24.9 Å². The molecule has 3 heterocycles. The van der Waals surface area contributed by atoms with Crippen LogP contribution in [0.15, 0.2) is 48.8 Å². The lowest BCUT2D eigenvalue weighted by Crippen LogP contribution is -2.23. The van der Waals surface area contributed by atoms with Crippen LogP contribution >= 0.6 is 0 Å². The first-order chi connectivity index (χ1) is 11.3. The van der Waals surface area contributed by atoms with E-state index in [-0.39, 0.29) is 5.82 Å². The summed E-state index contributed by atoms with van der Waals surface area (Å²) >= 11 is 0. The summed E-state index contributed by atoms with van der Waals surface area (Å²) in [5.74, 6) is -0.265. The highest BCUT2D eigenvalue weighted by Gasteiger charge is 2.27. The SMILES string of the molecule is Fc1ccccc1-n1ccc(CN2CCCC2c2ccn[nH]2)n1. The molecule has 23 heavy (non-hydrogen) atoms. The molecule has 0 spiro atoms. The molecule has 0 amide bonds. The molecule has 1 aromatic carbocycles. The fourth-order valence-electron chi connectivity index (χ4n) is 3.25. The number of aromatic amines is 1. The molecule has 0 aliphatic carbocycles. The van der Waals surface area contributed by atoms with Crippen LogP contribution in [0.4, 0.5) is 4.39 Å². The van der Waals surface area contributed by atoms with Crippen LogP contribution in [-0.4, -0.2) is 31.4 Å². The van der Waals surface area contributed by atoms with Crippen molar-refractivity contribution in [1.29, 1.82) is 0 Å². The molecule has 1 fully saturated rings. The Morgan fingerprint density at radius 3 is 2.96 bits per heavy atom. The molecule has 3 aromatic rings. The standard InChI is InChI=1S/C17H18FN5/c18-14-4-1-2-5-16(14)23-11-8-13(21-23)12-22-10-3-6-17(22)15-7-9-19-20-15/h1-2,4-5,7-9,11,17H,3,6,10,12H2,(H,19,20). The minimum Gasteiger partial charge on any atom is -0.289 e. The second kappa shape index (κ2) is 5.96. The van der Waals surface area contributed by atoms with Crippen molar-refractivity contribution in [2.45, 2.75) is 25.4 Å². The second-order valence-corrected chi connectivity index (χ2v) is 5.84. The van der Waals surface area contributed by atoms with Gasteiger partial charge in [0.05, 0.1) is 17.4 Å². The van der Waals surface area contributed by atoms with Gasteiger partial charge in [-0.05, 0) is 43.7 Å². The topological polar surface area (TPSA) is 49.7 Å². The van der Waals surface area contributed by atoms with Crippen molar-refractivity contribution in [2.24, 2.45) is 0 Å². The van der Waals surface area contributed by atoms with E-state index in [9.17, 15) is 4.39 Å². The summed E-state index contributed by atoms with van der Waals surface area (Å²) < 4.78 is 15.5. The molecule has 0 bridgehead atoms. The Labute approximate surface area is 133 Å². The number of para-hydroxylation sites is 1. The third-order valence-electron chi connectivity index (χ3n) is 4.35. The summed E-state index contributed by atoms with van der Waals surface area (Å²) in [4.78, 5) is 2.39. The van der Waals surface area contributed by atoms with Gasteiger partial charge in [0.2, 0.25) is 0 Å². The Balaban J connectivity index is 1.53. The van der Waals surface area contributed by atoms with E-state index in [0.717, 1.165) is 37.3 Å². The van der Waals surface area contributed by atoms with Gasteiger partial charge >= 0.3 is 0 Å². The molecule has 1 unspecified atom stereocenters. The third-order valence-corrected chi connectivity index (χ3v) is 4.35. The number of hydrogen-bond donors (Lipinski definition) is 1. The number of aromatic nitrogens is 4. The highest BCUT2D eigenvalue weighted by atomic mass is 19.1. The van der Waals surface area contributed by atoms with Gasteiger partial charge in [-0.25, -0.2) is 9.07 Å². The van der Waals surface area contributed by atoms with Crippen LogP contribution in [0.3, 0.4) is 0 Å². The van der Waals surface area contributed by atoms with Crippen LogP contribution < -0.4 is 0 Å². The zero-order valence-electron chi connectivity index (χ0n) is 12.7. The van der Waals surface area contributed by atoms with Crippen molar-refractivity contribution < 1.29 is 4.39 Å². The Bertz CT molecular complexity index is 780. The summed E-state index contributed by atoms with van der Waals surface area (Å²) in [5.41, 5.74) is 2.57. The summed E-state index contributed by atoms with van der Waals surface area (Å²) in [6.07, 6.45) is 5.89. The minimum atomic E-state index is -0.265. The summed E-state index contributed by atoms with van der Waals surface area (Å²) in [7, 11) is 0. The lowest BCUT2D eigenvalue weighted by atomic mass is 10.1. The molecule has 2 aromatic heterocycles. The largest absolute Gasteiger partial charge is 0.289 e. The highest BCUT2D eigenvalue weighted by molar-refractivity contribution is 5.32. The Kier molecular flexibility index (Phi) is 3.67. The number of hydrogen-bond acceptors (Lipinski definition) is 3. The van der Waals surface area contributed by atoms with E-state index in [1.165, 1.54) is 6.07 Å². The van der Waals surface area contributed by atoms with E-state index in [0.29, 0.717) is 11.7 Å². The van der Waals surface area contributed by atoms with E-state index in [1.807, 2.05) is 24.4 Å². The fraction of sp³-hybridized carbons (Fsp3) is 0.294. The molecule has 0 radical (unpaired) electrons. The van der Waals surface area contributed by atoms with Crippen molar-refractivity contribution >= 4 is 0 Å². The van der Waals surface area contributed by atoms with Gasteiger partial charge in [-0.2, -0.15) is 10.2 Å². The normalized spacial score (nSPS) is 18.6. The van der Waals surface area contributed by atoms with Crippen LogP contribution in [0.25, 0.3) is 5.69 Å². The third kappa shape index (κ3) is 2.77.